The van der Waals surface area contributed by atoms with Crippen molar-refractivity contribution < 1.29 is 9.53 Å². The van der Waals surface area contributed by atoms with E-state index in [9.17, 15) is 4.79 Å². The lowest BCUT2D eigenvalue weighted by molar-refractivity contribution is -0.124. The van der Waals surface area contributed by atoms with Gasteiger partial charge in [0.05, 0.1) is 35.8 Å². The normalized spacial score (nSPS) is 20.7. The van der Waals surface area contributed by atoms with E-state index < -0.39 is 0 Å². The number of carbonyl (C=O) groups is 1. The maximum Gasteiger partial charge on any atom is 0.241 e. The van der Waals surface area contributed by atoms with Crippen molar-refractivity contribution in [3.05, 3.63) is 11.4 Å². The zero-order valence-electron chi connectivity index (χ0n) is 15.1. The lowest BCUT2D eigenvalue weighted by atomic mass is 10.2. The molecule has 7 nitrogen and oxygen atoms in total. The number of hydrogen-bond donors (Lipinski definition) is 1. The first-order chi connectivity index (χ1) is 10.8. The minimum atomic E-state index is -0.192. The molecule has 2 heterocycles. The molecule has 0 aromatic carbocycles. The summed E-state index contributed by atoms with van der Waals surface area (Å²) in [6.07, 6.45) is 0.149. The monoisotopic (exact) mass is 323 g/mol. The minimum Gasteiger partial charge on any atom is -0.374 e. The lowest BCUT2D eigenvalue weighted by Crippen LogP contribution is -2.52. The smallest absolute Gasteiger partial charge is 0.241 e. The van der Waals surface area contributed by atoms with Gasteiger partial charge in [0.2, 0.25) is 5.91 Å². The van der Waals surface area contributed by atoms with Gasteiger partial charge in [0.15, 0.2) is 0 Å². The third kappa shape index (κ3) is 4.31. The molecule has 1 aliphatic heterocycles. The molecular weight excluding hydrogens is 294 g/mol. The second kappa shape index (κ2) is 7.42. The number of hydrogen-bond acceptors (Lipinski definition) is 5. The number of nitrogens with one attached hydrogen (secondary N) is 1. The first-order valence-corrected chi connectivity index (χ1v) is 8.11. The van der Waals surface area contributed by atoms with Crippen LogP contribution >= 0.6 is 0 Å². The highest BCUT2D eigenvalue weighted by atomic mass is 16.5. The fourth-order valence-electron chi connectivity index (χ4n) is 2.96. The Kier molecular flexibility index (Phi) is 5.78. The zero-order valence-corrected chi connectivity index (χ0v) is 15.1. The van der Waals surface area contributed by atoms with Gasteiger partial charge >= 0.3 is 0 Å². The van der Waals surface area contributed by atoms with Crippen molar-refractivity contribution in [2.24, 2.45) is 7.05 Å². The average Bonchev–Trinajstić information content (AvgIpc) is 2.72. The highest BCUT2D eigenvalue weighted by molar-refractivity contribution is 5.95. The molecule has 0 radical (unpaired) electrons. The topological polar surface area (TPSA) is 62.6 Å². The van der Waals surface area contributed by atoms with Gasteiger partial charge in [0.25, 0.3) is 0 Å². The Labute approximate surface area is 138 Å². The Hall–Kier alpha value is -1.44. The fourth-order valence-corrected chi connectivity index (χ4v) is 2.96. The summed E-state index contributed by atoms with van der Waals surface area (Å²) in [7, 11) is 5.95. The van der Waals surface area contributed by atoms with Crippen LogP contribution < -0.4 is 5.32 Å². The van der Waals surface area contributed by atoms with Crippen molar-refractivity contribution in [3.8, 4) is 0 Å². The van der Waals surface area contributed by atoms with Gasteiger partial charge in [-0.25, -0.2) is 0 Å². The Morgan fingerprint density at radius 2 is 2.17 bits per heavy atom. The number of ether oxygens (including phenoxy) is 1. The van der Waals surface area contributed by atoms with Crippen LogP contribution in [0.3, 0.4) is 0 Å². The van der Waals surface area contributed by atoms with Gasteiger partial charge in [-0.1, -0.05) is 0 Å². The van der Waals surface area contributed by atoms with Crippen molar-refractivity contribution in [2.75, 3.05) is 45.7 Å². The van der Waals surface area contributed by atoms with Crippen LogP contribution in [0.4, 0.5) is 5.69 Å². The van der Waals surface area contributed by atoms with Crippen molar-refractivity contribution >= 4 is 11.6 Å². The number of carbonyl (C=O) groups excluding carboxylic acids is 1. The molecule has 7 heteroatoms. The number of rotatable bonds is 5. The van der Waals surface area contributed by atoms with E-state index in [4.69, 9.17) is 4.74 Å². The van der Waals surface area contributed by atoms with Gasteiger partial charge in [0, 0.05) is 26.7 Å². The number of aromatic nitrogens is 2. The van der Waals surface area contributed by atoms with Crippen LogP contribution in [-0.2, 0) is 16.6 Å². The van der Waals surface area contributed by atoms with E-state index in [1.165, 1.54) is 0 Å². The van der Waals surface area contributed by atoms with Crippen LogP contribution in [0.25, 0.3) is 0 Å². The number of aryl methyl sites for hydroxylation is 2. The van der Waals surface area contributed by atoms with Gasteiger partial charge in [-0.05, 0) is 34.9 Å². The van der Waals surface area contributed by atoms with Crippen LogP contribution in [0.2, 0.25) is 0 Å². The molecule has 0 aliphatic carbocycles. The van der Waals surface area contributed by atoms with Crippen molar-refractivity contribution in [1.82, 2.24) is 19.6 Å². The van der Waals surface area contributed by atoms with E-state index in [1.807, 2.05) is 41.9 Å². The molecule has 0 spiro atoms. The summed E-state index contributed by atoms with van der Waals surface area (Å²) in [6.45, 7) is 8.92. The highest BCUT2D eigenvalue weighted by Gasteiger charge is 2.28. The molecule has 1 fully saturated rings. The lowest BCUT2D eigenvalue weighted by Gasteiger charge is -2.37. The summed E-state index contributed by atoms with van der Waals surface area (Å²) < 4.78 is 7.57. The van der Waals surface area contributed by atoms with Crippen LogP contribution in [-0.4, -0.2) is 78.0 Å². The van der Waals surface area contributed by atoms with E-state index in [2.05, 4.69) is 20.2 Å². The molecule has 1 aliphatic rings. The summed E-state index contributed by atoms with van der Waals surface area (Å²) in [6, 6.07) is -0.192. The van der Waals surface area contributed by atoms with Crippen molar-refractivity contribution in [1.29, 1.82) is 0 Å². The van der Waals surface area contributed by atoms with Crippen LogP contribution in [0.5, 0.6) is 0 Å². The Balaban J connectivity index is 1.99. The maximum atomic E-state index is 12.6. The molecule has 130 valence electrons. The standard InChI is InChI=1S/C16H29N5O2/c1-11-15(12(2)20(6)18-11)17-16(22)13(3)21-7-8-23-14(10-21)9-19(4)5/h13-14H,7-10H2,1-6H3,(H,17,22)/t13-,14+/m1/s1. The average molecular weight is 323 g/mol. The predicted molar refractivity (Wildman–Crippen MR) is 90.6 cm³/mol. The Morgan fingerprint density at radius 3 is 2.74 bits per heavy atom. The summed E-state index contributed by atoms with van der Waals surface area (Å²) in [5, 5.41) is 7.38. The molecule has 1 aromatic heterocycles. The minimum absolute atomic E-state index is 0.00898. The van der Waals surface area contributed by atoms with Gasteiger partial charge < -0.3 is 15.0 Å². The summed E-state index contributed by atoms with van der Waals surface area (Å²) in [5.74, 6) is 0.00898. The van der Waals surface area contributed by atoms with Crippen LogP contribution in [0, 0.1) is 13.8 Å². The van der Waals surface area contributed by atoms with Crippen LogP contribution in [0.15, 0.2) is 0 Å². The molecule has 1 N–H and O–H groups in total. The molecular formula is C16H29N5O2. The molecule has 2 rings (SSSR count). The largest absolute Gasteiger partial charge is 0.374 e. The Morgan fingerprint density at radius 1 is 1.48 bits per heavy atom. The third-order valence-electron chi connectivity index (χ3n) is 4.42. The number of likely N-dealkylation sites (N-methyl/N-ethyl adjacent to an activating group) is 1. The fraction of sp³-hybridized carbons (Fsp3) is 0.750. The quantitative estimate of drug-likeness (QED) is 0.861. The number of morpholine rings is 1. The second-order valence-electron chi connectivity index (χ2n) is 6.58. The van der Waals surface area contributed by atoms with Crippen LogP contribution in [0.1, 0.15) is 18.3 Å². The Bertz CT molecular complexity index is 555. The van der Waals surface area contributed by atoms with E-state index >= 15 is 0 Å². The van der Waals surface area contributed by atoms with E-state index in [0.29, 0.717) is 6.61 Å². The van der Waals surface area contributed by atoms with Gasteiger partial charge in [0.1, 0.15) is 0 Å². The molecule has 0 bridgehead atoms. The van der Waals surface area contributed by atoms with E-state index in [1.54, 1.807) is 4.68 Å². The first-order valence-electron chi connectivity index (χ1n) is 8.11. The predicted octanol–water partition coefficient (Wildman–Crippen LogP) is 0.626. The third-order valence-corrected chi connectivity index (χ3v) is 4.42. The summed E-state index contributed by atoms with van der Waals surface area (Å²) >= 11 is 0. The molecule has 0 unspecified atom stereocenters. The first kappa shape index (κ1) is 17.9. The van der Waals surface area contributed by atoms with Crippen molar-refractivity contribution in [2.45, 2.75) is 32.9 Å². The molecule has 1 saturated heterocycles. The molecule has 1 aromatic rings. The molecule has 2 atom stereocenters. The summed E-state index contributed by atoms with van der Waals surface area (Å²) in [5.41, 5.74) is 2.64. The number of amides is 1. The second-order valence-corrected chi connectivity index (χ2v) is 6.58. The number of nitrogens with zero attached hydrogens (tertiary/aromatic N) is 4. The van der Waals surface area contributed by atoms with Crippen molar-refractivity contribution in [3.63, 3.8) is 0 Å². The van der Waals surface area contributed by atoms with E-state index in [-0.39, 0.29) is 18.1 Å². The zero-order chi connectivity index (χ0) is 17.1. The van der Waals surface area contributed by atoms with Gasteiger partial charge in [-0.2, -0.15) is 5.10 Å². The number of anilines is 1. The van der Waals surface area contributed by atoms with Gasteiger partial charge in [-0.15, -0.1) is 0 Å². The molecule has 23 heavy (non-hydrogen) atoms. The highest BCUT2D eigenvalue weighted by Crippen LogP contribution is 2.19. The SMILES string of the molecule is Cc1nn(C)c(C)c1NC(=O)[C@@H](C)N1CCO[C@@H](CN(C)C)C1. The molecule has 0 saturated carbocycles. The summed E-state index contributed by atoms with van der Waals surface area (Å²) in [4.78, 5) is 16.9. The maximum absolute atomic E-state index is 12.6. The van der Waals surface area contributed by atoms with Gasteiger partial charge in [-0.3, -0.25) is 14.4 Å². The molecule has 1 amide bonds. The van der Waals surface area contributed by atoms with E-state index in [0.717, 1.165) is 36.7 Å².